The zero-order chi connectivity index (χ0) is 14.8. The molecule has 0 atom stereocenters. The fraction of sp³-hybridized carbons (Fsp3) is 0.200. The molecule has 0 aromatic heterocycles. The maximum Gasteiger partial charge on any atom is 0.182 e. The summed E-state index contributed by atoms with van der Waals surface area (Å²) in [5, 5.41) is 0. The quantitative estimate of drug-likeness (QED) is 0.879. The van der Waals surface area contributed by atoms with E-state index in [0.717, 1.165) is 5.56 Å². The Labute approximate surface area is 119 Å². The van der Waals surface area contributed by atoms with Crippen LogP contribution in [0, 0.1) is 6.92 Å². The van der Waals surface area contributed by atoms with Gasteiger partial charge in [0.1, 0.15) is 5.75 Å². The molecule has 2 rings (SSSR count). The molecular formula is C15H17NO3S. The number of rotatable bonds is 4. The average molecular weight is 291 g/mol. The minimum absolute atomic E-state index is 0.0619. The SMILES string of the molecule is COc1cccc(CS(=O)(=O)c2ccc(N)c(C)c2)c1. The van der Waals surface area contributed by atoms with Crippen molar-refractivity contribution in [2.24, 2.45) is 0 Å². The lowest BCUT2D eigenvalue weighted by Crippen LogP contribution is -2.06. The average Bonchev–Trinajstić information content (AvgIpc) is 2.41. The van der Waals surface area contributed by atoms with Crippen molar-refractivity contribution >= 4 is 15.5 Å². The summed E-state index contributed by atoms with van der Waals surface area (Å²) in [4.78, 5) is 0.284. The normalized spacial score (nSPS) is 11.3. The molecule has 106 valence electrons. The lowest BCUT2D eigenvalue weighted by molar-refractivity contribution is 0.414. The number of ether oxygens (including phenoxy) is 1. The van der Waals surface area contributed by atoms with Gasteiger partial charge < -0.3 is 10.5 Å². The number of benzene rings is 2. The van der Waals surface area contributed by atoms with Crippen molar-refractivity contribution in [2.75, 3.05) is 12.8 Å². The summed E-state index contributed by atoms with van der Waals surface area (Å²) in [6.07, 6.45) is 0. The molecule has 2 N–H and O–H groups in total. The van der Waals surface area contributed by atoms with Crippen LogP contribution in [-0.2, 0) is 15.6 Å². The number of nitrogens with two attached hydrogens (primary N) is 1. The van der Waals surface area contributed by atoms with Gasteiger partial charge in [0.25, 0.3) is 0 Å². The topological polar surface area (TPSA) is 69.4 Å². The molecule has 0 unspecified atom stereocenters. The summed E-state index contributed by atoms with van der Waals surface area (Å²) < 4.78 is 29.9. The third-order valence-corrected chi connectivity index (χ3v) is 4.78. The fourth-order valence-electron chi connectivity index (χ4n) is 1.91. The molecular weight excluding hydrogens is 274 g/mol. The fourth-order valence-corrected chi connectivity index (χ4v) is 3.32. The maximum atomic E-state index is 12.4. The molecule has 0 fully saturated rings. The van der Waals surface area contributed by atoms with Crippen LogP contribution in [0.5, 0.6) is 5.75 Å². The highest BCUT2D eigenvalue weighted by Crippen LogP contribution is 2.22. The molecule has 0 saturated heterocycles. The lowest BCUT2D eigenvalue weighted by atomic mass is 10.2. The molecule has 0 spiro atoms. The molecule has 0 amide bonds. The first-order valence-corrected chi connectivity index (χ1v) is 7.79. The van der Waals surface area contributed by atoms with Gasteiger partial charge in [-0.15, -0.1) is 0 Å². The molecule has 0 aliphatic carbocycles. The van der Waals surface area contributed by atoms with Gasteiger partial charge in [0.2, 0.25) is 0 Å². The molecule has 5 heteroatoms. The predicted molar refractivity (Wildman–Crippen MR) is 79.5 cm³/mol. The summed E-state index contributed by atoms with van der Waals surface area (Å²) in [5.41, 5.74) is 7.75. The van der Waals surface area contributed by atoms with Gasteiger partial charge in [0.05, 0.1) is 17.8 Å². The highest BCUT2D eigenvalue weighted by Gasteiger charge is 2.16. The summed E-state index contributed by atoms with van der Waals surface area (Å²) in [6.45, 7) is 1.79. The Balaban J connectivity index is 2.32. The van der Waals surface area contributed by atoms with E-state index in [1.54, 1.807) is 50.4 Å². The molecule has 0 aliphatic heterocycles. The molecule has 0 aliphatic rings. The largest absolute Gasteiger partial charge is 0.497 e. The predicted octanol–water partition coefficient (Wildman–Crippen LogP) is 2.56. The molecule has 2 aromatic carbocycles. The van der Waals surface area contributed by atoms with E-state index in [1.165, 1.54) is 6.07 Å². The van der Waals surface area contributed by atoms with Gasteiger partial charge in [0, 0.05) is 5.69 Å². The molecule has 2 aromatic rings. The van der Waals surface area contributed by atoms with Gasteiger partial charge in [-0.1, -0.05) is 12.1 Å². The number of nitrogen functional groups attached to an aromatic ring is 1. The Bertz CT molecular complexity index is 724. The molecule has 0 saturated carbocycles. The first-order chi connectivity index (χ1) is 9.42. The number of sulfone groups is 1. The van der Waals surface area contributed by atoms with Crippen molar-refractivity contribution < 1.29 is 13.2 Å². The lowest BCUT2D eigenvalue weighted by Gasteiger charge is -2.08. The van der Waals surface area contributed by atoms with Crippen molar-refractivity contribution in [3.63, 3.8) is 0 Å². The molecule has 0 heterocycles. The van der Waals surface area contributed by atoms with E-state index in [9.17, 15) is 8.42 Å². The van der Waals surface area contributed by atoms with Crippen LogP contribution in [0.1, 0.15) is 11.1 Å². The van der Waals surface area contributed by atoms with Crippen molar-refractivity contribution in [3.8, 4) is 5.75 Å². The molecule has 20 heavy (non-hydrogen) atoms. The van der Waals surface area contributed by atoms with Crippen molar-refractivity contribution in [1.29, 1.82) is 0 Å². The van der Waals surface area contributed by atoms with Gasteiger partial charge in [-0.25, -0.2) is 8.42 Å². The second kappa shape index (κ2) is 5.54. The Morgan fingerprint density at radius 2 is 1.90 bits per heavy atom. The smallest absolute Gasteiger partial charge is 0.182 e. The van der Waals surface area contributed by atoms with Crippen LogP contribution in [-0.4, -0.2) is 15.5 Å². The van der Waals surface area contributed by atoms with Crippen LogP contribution in [0.15, 0.2) is 47.4 Å². The van der Waals surface area contributed by atoms with E-state index in [4.69, 9.17) is 10.5 Å². The zero-order valence-corrected chi connectivity index (χ0v) is 12.3. The standard InChI is InChI=1S/C15H17NO3S/c1-11-8-14(6-7-15(11)16)20(17,18)10-12-4-3-5-13(9-12)19-2/h3-9H,10,16H2,1-2H3. The number of anilines is 1. The number of hydrogen-bond acceptors (Lipinski definition) is 4. The summed E-state index contributed by atoms with van der Waals surface area (Å²) >= 11 is 0. The second-order valence-corrected chi connectivity index (χ2v) is 6.62. The van der Waals surface area contributed by atoms with Crippen LogP contribution < -0.4 is 10.5 Å². The zero-order valence-electron chi connectivity index (χ0n) is 11.5. The highest BCUT2D eigenvalue weighted by molar-refractivity contribution is 7.90. The van der Waals surface area contributed by atoms with Crippen LogP contribution in [0.25, 0.3) is 0 Å². The Morgan fingerprint density at radius 3 is 2.55 bits per heavy atom. The first kappa shape index (κ1) is 14.4. The van der Waals surface area contributed by atoms with Gasteiger partial charge in [-0.2, -0.15) is 0 Å². The Hall–Kier alpha value is -2.01. The number of hydrogen-bond donors (Lipinski definition) is 1. The van der Waals surface area contributed by atoms with Crippen LogP contribution >= 0.6 is 0 Å². The van der Waals surface area contributed by atoms with Crippen LogP contribution in [0.4, 0.5) is 5.69 Å². The molecule has 0 radical (unpaired) electrons. The highest BCUT2D eigenvalue weighted by atomic mass is 32.2. The first-order valence-electron chi connectivity index (χ1n) is 6.14. The minimum Gasteiger partial charge on any atom is -0.497 e. The van der Waals surface area contributed by atoms with Gasteiger partial charge in [-0.3, -0.25) is 0 Å². The maximum absolute atomic E-state index is 12.4. The Kier molecular flexibility index (Phi) is 3.99. The third kappa shape index (κ3) is 3.11. The number of aryl methyl sites for hydroxylation is 1. The summed E-state index contributed by atoms with van der Waals surface area (Å²) in [6, 6.07) is 11.8. The van der Waals surface area contributed by atoms with E-state index in [0.29, 0.717) is 17.0 Å². The second-order valence-electron chi connectivity index (χ2n) is 4.63. The van der Waals surface area contributed by atoms with E-state index < -0.39 is 9.84 Å². The van der Waals surface area contributed by atoms with E-state index >= 15 is 0 Å². The monoisotopic (exact) mass is 291 g/mol. The van der Waals surface area contributed by atoms with Crippen LogP contribution in [0.2, 0.25) is 0 Å². The van der Waals surface area contributed by atoms with E-state index in [-0.39, 0.29) is 10.6 Å². The van der Waals surface area contributed by atoms with Gasteiger partial charge in [0.15, 0.2) is 9.84 Å². The van der Waals surface area contributed by atoms with E-state index in [1.807, 2.05) is 0 Å². The molecule has 4 nitrogen and oxygen atoms in total. The summed E-state index contributed by atoms with van der Waals surface area (Å²) in [5.74, 6) is 0.583. The summed E-state index contributed by atoms with van der Waals surface area (Å²) in [7, 11) is -1.84. The van der Waals surface area contributed by atoms with Crippen molar-refractivity contribution in [2.45, 2.75) is 17.6 Å². The van der Waals surface area contributed by atoms with Crippen LogP contribution in [0.3, 0.4) is 0 Å². The van der Waals surface area contributed by atoms with Crippen molar-refractivity contribution in [3.05, 3.63) is 53.6 Å². The van der Waals surface area contributed by atoms with Gasteiger partial charge in [-0.05, 0) is 48.4 Å². The van der Waals surface area contributed by atoms with E-state index in [2.05, 4.69) is 0 Å². The van der Waals surface area contributed by atoms with Crippen molar-refractivity contribution in [1.82, 2.24) is 0 Å². The molecule has 0 bridgehead atoms. The minimum atomic E-state index is -3.39. The van der Waals surface area contributed by atoms with Gasteiger partial charge >= 0.3 is 0 Å². The number of methoxy groups -OCH3 is 1. The third-order valence-electron chi connectivity index (χ3n) is 3.09. The Morgan fingerprint density at radius 1 is 1.15 bits per heavy atom.